The van der Waals surface area contributed by atoms with Gasteiger partial charge in [-0.2, -0.15) is 13.2 Å². The maximum absolute atomic E-state index is 12.7. The van der Waals surface area contributed by atoms with E-state index in [0.717, 1.165) is 23.4 Å². The molecule has 4 heteroatoms. The molecule has 0 amide bonds. The first-order chi connectivity index (χ1) is 7.68. The van der Waals surface area contributed by atoms with Crippen molar-refractivity contribution >= 4 is 15.9 Å². The molecule has 0 aliphatic heterocycles. The Morgan fingerprint density at radius 1 is 1.18 bits per heavy atom. The van der Waals surface area contributed by atoms with E-state index < -0.39 is 11.7 Å². The first-order valence-electron chi connectivity index (χ1n) is 5.55. The molecule has 0 radical (unpaired) electrons. The smallest absolute Gasteiger partial charge is 0.166 e. The lowest BCUT2D eigenvalue weighted by molar-refractivity contribution is -0.137. The van der Waals surface area contributed by atoms with Gasteiger partial charge in [-0.15, -0.1) is 0 Å². The third-order valence-electron chi connectivity index (χ3n) is 2.90. The van der Waals surface area contributed by atoms with Crippen molar-refractivity contribution in [3.8, 4) is 0 Å². The summed E-state index contributed by atoms with van der Waals surface area (Å²) in [6, 6.07) is 3.84. The standard InChI is InChI=1S/C13H16BrF3/c1-4-7-12(2,3)10-8-9(13(15,16)17)5-6-11(10)14/h5-6,8H,4,7H2,1-3H3. The Bertz CT molecular complexity index is 394. The van der Waals surface area contributed by atoms with Gasteiger partial charge in [0.15, 0.2) is 0 Å². The second-order valence-corrected chi connectivity index (χ2v) is 5.68. The van der Waals surface area contributed by atoms with E-state index in [-0.39, 0.29) is 5.41 Å². The quantitative estimate of drug-likeness (QED) is 0.687. The zero-order valence-electron chi connectivity index (χ0n) is 10.2. The minimum absolute atomic E-state index is 0.255. The first-order valence-corrected chi connectivity index (χ1v) is 6.35. The summed E-state index contributed by atoms with van der Waals surface area (Å²) in [6.45, 7) is 5.97. The fourth-order valence-electron chi connectivity index (χ4n) is 1.98. The summed E-state index contributed by atoms with van der Waals surface area (Å²) in [4.78, 5) is 0. The molecule has 0 bridgehead atoms. The highest BCUT2D eigenvalue weighted by atomic mass is 79.9. The van der Waals surface area contributed by atoms with Crippen LogP contribution in [-0.2, 0) is 11.6 Å². The van der Waals surface area contributed by atoms with Crippen molar-refractivity contribution in [1.29, 1.82) is 0 Å². The molecule has 0 nitrogen and oxygen atoms in total. The van der Waals surface area contributed by atoms with E-state index in [1.54, 1.807) is 0 Å². The van der Waals surface area contributed by atoms with Gasteiger partial charge in [-0.05, 0) is 35.6 Å². The van der Waals surface area contributed by atoms with Gasteiger partial charge in [-0.25, -0.2) is 0 Å². The molecule has 17 heavy (non-hydrogen) atoms. The second-order valence-electron chi connectivity index (χ2n) is 4.83. The van der Waals surface area contributed by atoms with Crippen molar-refractivity contribution in [2.75, 3.05) is 0 Å². The average Bonchev–Trinajstić information content (AvgIpc) is 2.15. The number of rotatable bonds is 3. The number of hydrogen-bond acceptors (Lipinski definition) is 0. The highest BCUT2D eigenvalue weighted by Crippen LogP contribution is 2.38. The summed E-state index contributed by atoms with van der Waals surface area (Å²) in [6.07, 6.45) is -2.49. The van der Waals surface area contributed by atoms with Crippen LogP contribution in [0.4, 0.5) is 13.2 Å². The van der Waals surface area contributed by atoms with Crippen molar-refractivity contribution in [2.24, 2.45) is 0 Å². The van der Waals surface area contributed by atoms with Crippen LogP contribution in [0.15, 0.2) is 22.7 Å². The van der Waals surface area contributed by atoms with Crippen LogP contribution in [0, 0.1) is 0 Å². The van der Waals surface area contributed by atoms with E-state index in [9.17, 15) is 13.2 Å². The molecule has 0 unspecified atom stereocenters. The van der Waals surface area contributed by atoms with Crippen LogP contribution >= 0.6 is 15.9 Å². The molecule has 1 aromatic rings. The van der Waals surface area contributed by atoms with Gasteiger partial charge < -0.3 is 0 Å². The molecule has 0 aliphatic carbocycles. The van der Waals surface area contributed by atoms with Gasteiger partial charge in [0.25, 0.3) is 0 Å². The summed E-state index contributed by atoms with van der Waals surface area (Å²) >= 11 is 3.34. The van der Waals surface area contributed by atoms with E-state index >= 15 is 0 Å². The Morgan fingerprint density at radius 2 is 1.76 bits per heavy atom. The number of alkyl halides is 3. The fourth-order valence-corrected chi connectivity index (χ4v) is 2.76. The lowest BCUT2D eigenvalue weighted by Crippen LogP contribution is -2.19. The Kier molecular flexibility index (Phi) is 4.28. The predicted octanol–water partition coefficient (Wildman–Crippen LogP) is 5.55. The topological polar surface area (TPSA) is 0 Å². The molecular formula is C13H16BrF3. The number of hydrogen-bond donors (Lipinski definition) is 0. The molecule has 0 aromatic heterocycles. The van der Waals surface area contributed by atoms with Crippen LogP contribution < -0.4 is 0 Å². The Balaban J connectivity index is 3.24. The maximum atomic E-state index is 12.7. The van der Waals surface area contributed by atoms with Gasteiger partial charge in [-0.3, -0.25) is 0 Å². The summed E-state index contributed by atoms with van der Waals surface area (Å²) < 4.78 is 38.7. The zero-order valence-corrected chi connectivity index (χ0v) is 11.7. The van der Waals surface area contributed by atoms with Crippen molar-refractivity contribution in [3.63, 3.8) is 0 Å². The Hall–Kier alpha value is -0.510. The highest BCUT2D eigenvalue weighted by molar-refractivity contribution is 9.10. The van der Waals surface area contributed by atoms with Crippen molar-refractivity contribution in [1.82, 2.24) is 0 Å². The maximum Gasteiger partial charge on any atom is 0.416 e. The lowest BCUT2D eigenvalue weighted by Gasteiger charge is -2.27. The van der Waals surface area contributed by atoms with Gasteiger partial charge in [0, 0.05) is 4.47 Å². The van der Waals surface area contributed by atoms with E-state index in [2.05, 4.69) is 15.9 Å². The largest absolute Gasteiger partial charge is 0.416 e. The first kappa shape index (κ1) is 14.6. The van der Waals surface area contributed by atoms with E-state index in [1.807, 2.05) is 20.8 Å². The van der Waals surface area contributed by atoms with Crippen LogP contribution in [0.2, 0.25) is 0 Å². The minimum atomic E-state index is -4.28. The molecule has 0 atom stereocenters. The van der Waals surface area contributed by atoms with Gasteiger partial charge in [0.05, 0.1) is 5.56 Å². The molecule has 0 saturated heterocycles. The molecule has 96 valence electrons. The molecule has 0 heterocycles. The van der Waals surface area contributed by atoms with Crippen LogP contribution in [0.1, 0.15) is 44.7 Å². The summed E-state index contributed by atoms with van der Waals surface area (Å²) in [7, 11) is 0. The molecule has 1 aromatic carbocycles. The summed E-state index contributed by atoms with van der Waals surface area (Å²) in [5.41, 5.74) is -0.122. The average molecular weight is 309 g/mol. The highest BCUT2D eigenvalue weighted by Gasteiger charge is 2.32. The van der Waals surface area contributed by atoms with E-state index in [1.165, 1.54) is 12.1 Å². The zero-order chi connectivity index (χ0) is 13.3. The summed E-state index contributed by atoms with van der Waals surface area (Å²) in [5, 5.41) is 0. The van der Waals surface area contributed by atoms with Gasteiger partial charge >= 0.3 is 6.18 Å². The monoisotopic (exact) mass is 308 g/mol. The second kappa shape index (κ2) is 5.01. The van der Waals surface area contributed by atoms with Crippen LogP contribution in [0.5, 0.6) is 0 Å². The number of benzene rings is 1. The lowest BCUT2D eigenvalue weighted by atomic mass is 9.80. The van der Waals surface area contributed by atoms with Crippen LogP contribution in [0.25, 0.3) is 0 Å². The van der Waals surface area contributed by atoms with Crippen molar-refractivity contribution < 1.29 is 13.2 Å². The third-order valence-corrected chi connectivity index (χ3v) is 3.59. The van der Waals surface area contributed by atoms with Gasteiger partial charge in [0.1, 0.15) is 0 Å². The Morgan fingerprint density at radius 3 is 2.24 bits per heavy atom. The molecular weight excluding hydrogens is 293 g/mol. The minimum Gasteiger partial charge on any atom is -0.166 e. The molecule has 0 aliphatic rings. The molecule has 0 spiro atoms. The number of halogens is 4. The van der Waals surface area contributed by atoms with Crippen molar-refractivity contribution in [2.45, 2.75) is 45.2 Å². The van der Waals surface area contributed by atoms with E-state index in [0.29, 0.717) is 5.56 Å². The SMILES string of the molecule is CCCC(C)(C)c1cc(C(F)(F)F)ccc1Br. The van der Waals surface area contributed by atoms with Crippen molar-refractivity contribution in [3.05, 3.63) is 33.8 Å². The van der Waals surface area contributed by atoms with Crippen LogP contribution in [-0.4, -0.2) is 0 Å². The summed E-state index contributed by atoms with van der Waals surface area (Å²) in [5.74, 6) is 0. The van der Waals surface area contributed by atoms with E-state index in [4.69, 9.17) is 0 Å². The van der Waals surface area contributed by atoms with Crippen LogP contribution in [0.3, 0.4) is 0 Å². The Labute approximate surface area is 108 Å². The predicted molar refractivity (Wildman–Crippen MR) is 67.1 cm³/mol. The molecule has 0 fully saturated rings. The molecule has 0 saturated carbocycles. The molecule has 1 rings (SSSR count). The van der Waals surface area contributed by atoms with Gasteiger partial charge in [0.2, 0.25) is 0 Å². The normalized spacial score (nSPS) is 12.9. The fraction of sp³-hybridized carbons (Fsp3) is 0.538. The van der Waals surface area contributed by atoms with Gasteiger partial charge in [-0.1, -0.05) is 43.1 Å². The molecule has 0 N–H and O–H groups in total. The third kappa shape index (κ3) is 3.47.